The van der Waals surface area contributed by atoms with Gasteiger partial charge in [-0.05, 0) is 36.4 Å². The molecule has 1 fully saturated rings. The molecule has 0 spiro atoms. The third-order valence-electron chi connectivity index (χ3n) is 3.91. The molecule has 0 saturated carbocycles. The van der Waals surface area contributed by atoms with Gasteiger partial charge in [0.2, 0.25) is 9.63 Å². The van der Waals surface area contributed by atoms with Gasteiger partial charge in [-0.25, -0.2) is 14.7 Å². The van der Waals surface area contributed by atoms with Gasteiger partial charge in [-0.2, -0.15) is 0 Å². The molecule has 1 unspecified atom stereocenters. The molecule has 10 heteroatoms. The number of urea groups is 1. The number of imide groups is 1. The minimum atomic E-state index is -1.90. The number of aliphatic imine (C=N–C) groups is 1. The highest BCUT2D eigenvalue weighted by Crippen LogP contribution is 2.34. The first kappa shape index (κ1) is 20.7. The highest BCUT2D eigenvalue weighted by atomic mass is 35.6. The number of halogens is 4. The van der Waals surface area contributed by atoms with Crippen LogP contribution in [-0.2, 0) is 4.79 Å². The summed E-state index contributed by atoms with van der Waals surface area (Å²) >= 11 is 24.1. The van der Waals surface area contributed by atoms with Crippen LogP contribution in [0.3, 0.4) is 0 Å². The number of rotatable bonds is 4. The molecule has 146 valence electrons. The Balaban J connectivity index is 2.02. The molecule has 0 aromatic heterocycles. The molecule has 0 radical (unpaired) electrons. The molecule has 1 N–H and O–H groups in total. The number of alkyl halides is 3. The van der Waals surface area contributed by atoms with Gasteiger partial charge in [-0.15, -0.1) is 0 Å². The van der Waals surface area contributed by atoms with Gasteiger partial charge in [-0.1, -0.05) is 64.6 Å². The number of para-hydroxylation sites is 1. The molecule has 1 aliphatic rings. The number of likely N-dealkylation sites (N-methyl/N-ethyl adjacent to an activating group) is 1. The Morgan fingerprint density at radius 1 is 1.00 bits per heavy atom. The van der Waals surface area contributed by atoms with Gasteiger partial charge >= 0.3 is 6.03 Å². The largest absolute Gasteiger partial charge is 0.360 e. The number of nitrogens with zero attached hydrogens (tertiary/aromatic N) is 3. The van der Waals surface area contributed by atoms with E-state index in [1.54, 1.807) is 54.6 Å². The number of benzene rings is 2. The van der Waals surface area contributed by atoms with Crippen LogP contribution >= 0.6 is 46.4 Å². The molecule has 3 amide bonds. The molecule has 1 aliphatic heterocycles. The van der Waals surface area contributed by atoms with Crippen molar-refractivity contribution >= 4 is 75.6 Å². The van der Waals surface area contributed by atoms with Crippen molar-refractivity contribution in [3.63, 3.8) is 0 Å². The minimum absolute atomic E-state index is 0.156. The summed E-state index contributed by atoms with van der Waals surface area (Å²) in [5.74, 6) is -0.762. The fourth-order valence-corrected chi connectivity index (χ4v) is 2.95. The predicted octanol–water partition coefficient (Wildman–Crippen LogP) is 4.95. The van der Waals surface area contributed by atoms with Crippen LogP contribution in [-0.4, -0.2) is 39.7 Å². The maximum Gasteiger partial charge on any atom is 0.337 e. The van der Waals surface area contributed by atoms with Gasteiger partial charge in [0, 0.05) is 17.8 Å². The molecule has 1 atom stereocenters. The lowest BCUT2D eigenvalue weighted by molar-refractivity contribution is -0.119. The Bertz CT molecular complexity index is 913. The van der Waals surface area contributed by atoms with Crippen LogP contribution in [0.25, 0.3) is 0 Å². The number of anilines is 2. The predicted molar refractivity (Wildman–Crippen MR) is 114 cm³/mol. The minimum Gasteiger partial charge on any atom is -0.360 e. The third-order valence-corrected chi connectivity index (χ3v) is 4.78. The number of carbonyl (C=O) groups is 2. The monoisotopic (exact) mass is 458 g/mol. The number of hydrogen-bond acceptors (Lipinski definition) is 4. The molecule has 6 nitrogen and oxygen atoms in total. The number of carbonyl (C=O) groups excluding carboxylic acids is 2. The second-order valence-electron chi connectivity index (χ2n) is 5.87. The van der Waals surface area contributed by atoms with Crippen LogP contribution in [0.5, 0.6) is 0 Å². The van der Waals surface area contributed by atoms with Crippen molar-refractivity contribution in [3.8, 4) is 0 Å². The van der Waals surface area contributed by atoms with E-state index in [0.29, 0.717) is 16.4 Å². The highest BCUT2D eigenvalue weighted by Gasteiger charge is 2.43. The zero-order chi connectivity index (χ0) is 20.5. The first-order valence-electron chi connectivity index (χ1n) is 8.02. The Kier molecular flexibility index (Phi) is 6.05. The van der Waals surface area contributed by atoms with Crippen molar-refractivity contribution in [2.45, 2.75) is 9.96 Å². The lowest BCUT2D eigenvalue weighted by Crippen LogP contribution is -2.37. The van der Waals surface area contributed by atoms with E-state index >= 15 is 0 Å². The van der Waals surface area contributed by atoms with E-state index in [-0.39, 0.29) is 5.84 Å². The van der Waals surface area contributed by atoms with Crippen LogP contribution < -0.4 is 10.2 Å². The van der Waals surface area contributed by atoms with E-state index in [1.165, 1.54) is 11.9 Å². The van der Waals surface area contributed by atoms with E-state index in [2.05, 4.69) is 10.3 Å². The molecule has 3 rings (SSSR count). The number of amides is 3. The van der Waals surface area contributed by atoms with E-state index in [4.69, 9.17) is 46.4 Å². The lowest BCUT2D eigenvalue weighted by atomic mass is 10.3. The maximum absolute atomic E-state index is 12.6. The highest BCUT2D eigenvalue weighted by molar-refractivity contribution is 6.68. The first-order valence-corrected chi connectivity index (χ1v) is 9.53. The van der Waals surface area contributed by atoms with Crippen molar-refractivity contribution in [3.05, 3.63) is 59.6 Å². The average molecular weight is 460 g/mol. The zero-order valence-corrected chi connectivity index (χ0v) is 17.5. The van der Waals surface area contributed by atoms with Crippen molar-refractivity contribution in [1.82, 2.24) is 4.90 Å². The maximum atomic E-state index is 12.6. The summed E-state index contributed by atoms with van der Waals surface area (Å²) in [5.41, 5.74) is 1.04. The Hall–Kier alpha value is -1.99. The molecular weight excluding hydrogens is 446 g/mol. The SMILES string of the molecule is CN1C(=O)C(=NC(Nc2ccc(Cl)cc2)C(Cl)(Cl)Cl)N(c2ccccc2)C1=O. The smallest absolute Gasteiger partial charge is 0.337 e. The summed E-state index contributed by atoms with van der Waals surface area (Å²) in [4.78, 5) is 31.6. The Labute approximate surface area is 181 Å². The van der Waals surface area contributed by atoms with Gasteiger partial charge in [0.15, 0.2) is 6.17 Å². The topological polar surface area (TPSA) is 65.0 Å². The summed E-state index contributed by atoms with van der Waals surface area (Å²) in [6.45, 7) is 0. The molecule has 2 aromatic carbocycles. The van der Waals surface area contributed by atoms with Gasteiger partial charge in [-0.3, -0.25) is 9.69 Å². The van der Waals surface area contributed by atoms with Crippen LogP contribution in [0, 0.1) is 0 Å². The molecule has 0 aliphatic carbocycles. The van der Waals surface area contributed by atoms with Gasteiger partial charge in [0.1, 0.15) is 0 Å². The lowest BCUT2D eigenvalue weighted by Gasteiger charge is -2.24. The number of nitrogens with one attached hydrogen (secondary N) is 1. The van der Waals surface area contributed by atoms with Crippen LogP contribution in [0.1, 0.15) is 0 Å². The first-order chi connectivity index (χ1) is 13.2. The third kappa shape index (κ3) is 4.36. The van der Waals surface area contributed by atoms with E-state index in [9.17, 15) is 9.59 Å². The van der Waals surface area contributed by atoms with Crippen molar-refractivity contribution < 1.29 is 9.59 Å². The standard InChI is InChI=1S/C18H14Cl4N4O2/c1-25-15(27)14(26(17(25)28)13-5-3-2-4-6-13)24-16(18(20,21)22)23-12-9-7-11(19)8-10-12/h2-10,16,23H,1H3. The Morgan fingerprint density at radius 2 is 1.61 bits per heavy atom. The van der Waals surface area contributed by atoms with Crippen molar-refractivity contribution in [2.24, 2.45) is 4.99 Å². The van der Waals surface area contributed by atoms with Crippen LogP contribution in [0.4, 0.5) is 16.2 Å². The average Bonchev–Trinajstić information content (AvgIpc) is 2.87. The Morgan fingerprint density at radius 3 is 2.18 bits per heavy atom. The molecule has 1 heterocycles. The number of hydrogen-bond donors (Lipinski definition) is 1. The fraction of sp³-hybridized carbons (Fsp3) is 0.167. The van der Waals surface area contributed by atoms with E-state index in [1.807, 2.05) is 0 Å². The van der Waals surface area contributed by atoms with Crippen LogP contribution in [0.15, 0.2) is 59.6 Å². The summed E-state index contributed by atoms with van der Waals surface area (Å²) < 4.78 is -1.90. The van der Waals surface area contributed by atoms with Gasteiger partial charge in [0.05, 0.1) is 5.69 Å². The van der Waals surface area contributed by atoms with Crippen molar-refractivity contribution in [1.29, 1.82) is 0 Å². The second kappa shape index (κ2) is 8.17. The molecule has 2 aromatic rings. The van der Waals surface area contributed by atoms with Gasteiger partial charge < -0.3 is 5.32 Å². The molecular formula is C18H14Cl4N4O2. The normalized spacial score (nSPS) is 17.4. The quantitative estimate of drug-likeness (QED) is 0.519. The molecule has 1 saturated heterocycles. The summed E-state index contributed by atoms with van der Waals surface area (Å²) in [7, 11) is 1.36. The zero-order valence-electron chi connectivity index (χ0n) is 14.4. The summed E-state index contributed by atoms with van der Waals surface area (Å²) in [6, 6.07) is 14.7. The molecule has 28 heavy (non-hydrogen) atoms. The molecule has 0 bridgehead atoms. The summed E-state index contributed by atoms with van der Waals surface area (Å²) in [5, 5.41) is 3.48. The second-order valence-corrected chi connectivity index (χ2v) is 8.67. The van der Waals surface area contributed by atoms with Crippen molar-refractivity contribution in [2.75, 3.05) is 17.3 Å². The fourth-order valence-electron chi connectivity index (χ4n) is 2.51. The van der Waals surface area contributed by atoms with E-state index < -0.39 is 21.9 Å². The summed E-state index contributed by atoms with van der Waals surface area (Å²) in [6.07, 6.45) is -1.15. The number of amidine groups is 1. The van der Waals surface area contributed by atoms with E-state index in [0.717, 1.165) is 4.90 Å². The van der Waals surface area contributed by atoms with Crippen LogP contribution in [0.2, 0.25) is 5.02 Å². The van der Waals surface area contributed by atoms with Gasteiger partial charge in [0.25, 0.3) is 5.91 Å².